The van der Waals surface area contributed by atoms with E-state index in [1.165, 1.54) is 0 Å². The quantitative estimate of drug-likeness (QED) is 0.651. The van der Waals surface area contributed by atoms with Gasteiger partial charge in [-0.3, -0.25) is 16.3 Å². The molecule has 0 saturated heterocycles. The van der Waals surface area contributed by atoms with Crippen LogP contribution in [-0.2, 0) is 6.42 Å². The van der Waals surface area contributed by atoms with Crippen LogP contribution in [0.2, 0.25) is 5.02 Å². The zero-order chi connectivity index (χ0) is 13.7. The van der Waals surface area contributed by atoms with Gasteiger partial charge in [0.1, 0.15) is 5.75 Å². The molecule has 0 fully saturated rings. The van der Waals surface area contributed by atoms with Gasteiger partial charge in [-0.05, 0) is 42.3 Å². The first-order valence-corrected chi connectivity index (χ1v) is 6.32. The molecule has 4 nitrogen and oxygen atoms in total. The number of ether oxygens (including phenoxy) is 1. The number of benzene rings is 1. The van der Waals surface area contributed by atoms with Gasteiger partial charge in [0.05, 0.1) is 18.8 Å². The fourth-order valence-corrected chi connectivity index (χ4v) is 2.15. The number of pyridine rings is 1. The van der Waals surface area contributed by atoms with Gasteiger partial charge in [0, 0.05) is 11.2 Å². The minimum Gasteiger partial charge on any atom is -0.496 e. The number of nitrogens with zero attached hydrogens (tertiary/aromatic N) is 1. The van der Waals surface area contributed by atoms with E-state index in [0.717, 1.165) is 17.0 Å². The minimum atomic E-state index is -0.0893. The van der Waals surface area contributed by atoms with Crippen LogP contribution in [0.4, 0.5) is 0 Å². The van der Waals surface area contributed by atoms with Crippen molar-refractivity contribution >= 4 is 11.6 Å². The lowest BCUT2D eigenvalue weighted by Crippen LogP contribution is -2.30. The van der Waals surface area contributed by atoms with E-state index >= 15 is 0 Å². The van der Waals surface area contributed by atoms with Crippen LogP contribution in [0, 0.1) is 0 Å². The molecule has 1 unspecified atom stereocenters. The molecule has 1 heterocycles. The highest BCUT2D eigenvalue weighted by atomic mass is 35.5. The molecule has 0 saturated carbocycles. The number of methoxy groups -OCH3 is 1. The van der Waals surface area contributed by atoms with Crippen LogP contribution in [-0.4, -0.2) is 12.1 Å². The number of rotatable bonds is 5. The number of halogens is 1. The summed E-state index contributed by atoms with van der Waals surface area (Å²) in [7, 11) is 1.64. The molecule has 3 N–H and O–H groups in total. The van der Waals surface area contributed by atoms with Gasteiger partial charge in [0.25, 0.3) is 0 Å². The van der Waals surface area contributed by atoms with E-state index in [2.05, 4.69) is 10.4 Å². The Morgan fingerprint density at radius 2 is 2.21 bits per heavy atom. The Hall–Kier alpha value is -1.62. The molecule has 0 radical (unpaired) electrons. The Balaban J connectivity index is 2.26. The third kappa shape index (κ3) is 3.44. The molecule has 1 atom stereocenters. The summed E-state index contributed by atoms with van der Waals surface area (Å²) < 4.78 is 5.33. The SMILES string of the molecule is COc1ccc(Cl)cc1CC(NN)c1ccccn1. The van der Waals surface area contributed by atoms with Gasteiger partial charge in [0.2, 0.25) is 0 Å². The Morgan fingerprint density at radius 1 is 1.37 bits per heavy atom. The molecule has 2 rings (SSSR count). The lowest BCUT2D eigenvalue weighted by molar-refractivity contribution is 0.405. The number of nitrogens with two attached hydrogens (primary N) is 1. The third-order valence-electron chi connectivity index (χ3n) is 2.91. The zero-order valence-electron chi connectivity index (χ0n) is 10.6. The van der Waals surface area contributed by atoms with Crippen molar-refractivity contribution in [3.05, 3.63) is 58.9 Å². The topological polar surface area (TPSA) is 60.2 Å². The lowest BCUT2D eigenvalue weighted by Gasteiger charge is -2.17. The van der Waals surface area contributed by atoms with Gasteiger partial charge >= 0.3 is 0 Å². The highest BCUT2D eigenvalue weighted by molar-refractivity contribution is 6.30. The molecular weight excluding hydrogens is 262 g/mol. The molecule has 0 aliphatic rings. The maximum absolute atomic E-state index is 6.02. The Bertz CT molecular complexity index is 533. The van der Waals surface area contributed by atoms with Gasteiger partial charge < -0.3 is 4.74 Å². The number of hydrogen-bond donors (Lipinski definition) is 2. The predicted molar refractivity (Wildman–Crippen MR) is 76.0 cm³/mol. The summed E-state index contributed by atoms with van der Waals surface area (Å²) in [6.45, 7) is 0. The molecule has 1 aromatic heterocycles. The second kappa shape index (κ2) is 6.52. The summed E-state index contributed by atoms with van der Waals surface area (Å²) >= 11 is 6.02. The van der Waals surface area contributed by atoms with Crippen LogP contribution in [0.25, 0.3) is 0 Å². The second-order valence-electron chi connectivity index (χ2n) is 4.13. The molecule has 5 heteroatoms. The average molecular weight is 278 g/mol. The van der Waals surface area contributed by atoms with Gasteiger partial charge in [-0.25, -0.2) is 0 Å². The summed E-state index contributed by atoms with van der Waals surface area (Å²) in [5.74, 6) is 6.41. The van der Waals surface area contributed by atoms with Crippen LogP contribution in [0.5, 0.6) is 5.75 Å². The van der Waals surface area contributed by atoms with E-state index in [1.807, 2.05) is 30.3 Å². The van der Waals surface area contributed by atoms with Crippen LogP contribution in [0.1, 0.15) is 17.3 Å². The molecule has 2 aromatic rings. The van der Waals surface area contributed by atoms with E-state index in [9.17, 15) is 0 Å². The first kappa shape index (κ1) is 13.8. The van der Waals surface area contributed by atoms with Crippen molar-refractivity contribution in [1.82, 2.24) is 10.4 Å². The van der Waals surface area contributed by atoms with Crippen molar-refractivity contribution in [2.45, 2.75) is 12.5 Å². The van der Waals surface area contributed by atoms with Gasteiger partial charge in [-0.2, -0.15) is 0 Å². The molecule has 0 amide bonds. The largest absolute Gasteiger partial charge is 0.496 e. The van der Waals surface area contributed by atoms with Crippen LogP contribution in [0.15, 0.2) is 42.6 Å². The highest BCUT2D eigenvalue weighted by Gasteiger charge is 2.14. The standard InChI is InChI=1S/C14H16ClN3O/c1-19-14-6-5-11(15)8-10(14)9-13(18-16)12-4-2-3-7-17-12/h2-8,13,18H,9,16H2,1H3. The summed E-state index contributed by atoms with van der Waals surface area (Å²) in [5, 5.41) is 0.674. The smallest absolute Gasteiger partial charge is 0.122 e. The monoisotopic (exact) mass is 277 g/mol. The molecule has 0 bridgehead atoms. The second-order valence-corrected chi connectivity index (χ2v) is 4.57. The number of nitrogens with one attached hydrogen (secondary N) is 1. The highest BCUT2D eigenvalue weighted by Crippen LogP contribution is 2.26. The summed E-state index contributed by atoms with van der Waals surface area (Å²) in [6.07, 6.45) is 2.39. The molecule has 0 aliphatic carbocycles. The van der Waals surface area contributed by atoms with Crippen LogP contribution < -0.4 is 16.0 Å². The summed E-state index contributed by atoms with van der Waals surface area (Å²) in [5.41, 5.74) is 4.65. The molecule has 1 aromatic carbocycles. The van der Waals surface area contributed by atoms with E-state index in [-0.39, 0.29) is 6.04 Å². The molecule has 0 spiro atoms. The van der Waals surface area contributed by atoms with E-state index < -0.39 is 0 Å². The molecule has 0 aliphatic heterocycles. The first-order chi connectivity index (χ1) is 9.24. The summed E-state index contributed by atoms with van der Waals surface area (Å²) in [4.78, 5) is 4.31. The van der Waals surface area contributed by atoms with Gasteiger partial charge in [0.15, 0.2) is 0 Å². The molecule has 100 valence electrons. The Labute approximate surface area is 117 Å². The normalized spacial score (nSPS) is 12.2. The zero-order valence-corrected chi connectivity index (χ0v) is 11.4. The van der Waals surface area contributed by atoms with Crippen LogP contribution in [0.3, 0.4) is 0 Å². The average Bonchev–Trinajstić information content (AvgIpc) is 2.46. The van der Waals surface area contributed by atoms with Crippen molar-refractivity contribution in [2.75, 3.05) is 7.11 Å². The van der Waals surface area contributed by atoms with E-state index in [0.29, 0.717) is 11.4 Å². The van der Waals surface area contributed by atoms with Crippen molar-refractivity contribution < 1.29 is 4.74 Å². The maximum Gasteiger partial charge on any atom is 0.122 e. The number of aromatic nitrogens is 1. The van der Waals surface area contributed by atoms with E-state index in [4.69, 9.17) is 22.2 Å². The third-order valence-corrected chi connectivity index (χ3v) is 3.15. The Morgan fingerprint density at radius 3 is 2.84 bits per heavy atom. The van der Waals surface area contributed by atoms with Gasteiger partial charge in [-0.1, -0.05) is 17.7 Å². The minimum absolute atomic E-state index is 0.0893. The van der Waals surface area contributed by atoms with Crippen LogP contribution >= 0.6 is 11.6 Å². The molecule has 19 heavy (non-hydrogen) atoms. The summed E-state index contributed by atoms with van der Waals surface area (Å²) in [6, 6.07) is 11.2. The molecular formula is C14H16ClN3O. The number of hydrogen-bond acceptors (Lipinski definition) is 4. The van der Waals surface area contributed by atoms with Gasteiger partial charge in [-0.15, -0.1) is 0 Å². The fraction of sp³-hybridized carbons (Fsp3) is 0.214. The van der Waals surface area contributed by atoms with Crippen molar-refractivity contribution in [3.63, 3.8) is 0 Å². The van der Waals surface area contributed by atoms with E-state index in [1.54, 1.807) is 19.4 Å². The first-order valence-electron chi connectivity index (χ1n) is 5.94. The maximum atomic E-state index is 6.02. The lowest BCUT2D eigenvalue weighted by atomic mass is 10.0. The number of hydrazine groups is 1. The predicted octanol–water partition coefficient (Wildman–Crippen LogP) is 2.49. The van der Waals surface area contributed by atoms with Crippen molar-refractivity contribution in [1.29, 1.82) is 0 Å². The fourth-order valence-electron chi connectivity index (χ4n) is 1.96. The Kier molecular flexibility index (Phi) is 4.74. The van der Waals surface area contributed by atoms with Crippen molar-refractivity contribution in [2.24, 2.45) is 5.84 Å². The van der Waals surface area contributed by atoms with Crippen molar-refractivity contribution in [3.8, 4) is 5.75 Å².